The topological polar surface area (TPSA) is 166 Å². The smallest absolute Gasteiger partial charge is 0.313 e. The molecule has 1 aromatic heterocycles. The van der Waals surface area contributed by atoms with E-state index in [0.29, 0.717) is 25.8 Å². The Morgan fingerprint density at radius 1 is 0.902 bits per heavy atom. The highest BCUT2D eigenvalue weighted by atomic mass is 16.5. The van der Waals surface area contributed by atoms with Crippen molar-refractivity contribution in [1.29, 1.82) is 0 Å². The standard InChI is InChI=1S/C39H64N4O8/c1-7-9-10-11-12-16-19-43(5,6)20-21-50-38(48)28(3)22-32(39(49)51-27-42-17-14-13-15-18-42)23-31-24-33(41-29(4)44)26-34(31)35(37(46)47)25-30(8-2)36(40)45/h13-15,17-18,28,30-35H,7-12,16,19-27H2,1-6H3,(H2-2,40,41,44,45,46,47)/p+2. The van der Waals surface area contributed by atoms with Gasteiger partial charge in [0.15, 0.2) is 12.4 Å². The lowest BCUT2D eigenvalue weighted by molar-refractivity contribution is -0.890. The van der Waals surface area contributed by atoms with E-state index < -0.39 is 47.4 Å². The van der Waals surface area contributed by atoms with Crippen molar-refractivity contribution < 1.29 is 47.6 Å². The number of hydrogen-bond acceptors (Lipinski definition) is 7. The number of unbranched alkanes of at least 4 members (excludes halogenated alkanes) is 5. The molecule has 2 amide bonds. The predicted octanol–water partition coefficient (Wildman–Crippen LogP) is 4.62. The summed E-state index contributed by atoms with van der Waals surface area (Å²) in [5.41, 5.74) is 5.61. The van der Waals surface area contributed by atoms with Crippen LogP contribution in [0.25, 0.3) is 0 Å². The minimum absolute atomic E-state index is 0.0161. The molecule has 0 aromatic carbocycles. The maximum absolute atomic E-state index is 13.7. The Kier molecular flexibility index (Phi) is 19.2. The summed E-state index contributed by atoms with van der Waals surface area (Å²) in [6, 6.07) is 5.22. The van der Waals surface area contributed by atoms with Crippen LogP contribution in [0, 0.1) is 35.5 Å². The van der Waals surface area contributed by atoms with Gasteiger partial charge in [-0.25, -0.2) is 0 Å². The Bertz CT molecular complexity index is 1240. The molecule has 288 valence electrons. The first-order chi connectivity index (χ1) is 24.2. The van der Waals surface area contributed by atoms with E-state index in [4.69, 9.17) is 15.2 Å². The summed E-state index contributed by atoms with van der Waals surface area (Å²) < 4.78 is 13.9. The minimum Gasteiger partial charge on any atom is -0.481 e. The number of esters is 2. The Balaban J connectivity index is 2.19. The van der Waals surface area contributed by atoms with Gasteiger partial charge in [0.05, 0.1) is 38.4 Å². The van der Waals surface area contributed by atoms with Crippen LogP contribution in [0.1, 0.15) is 105 Å². The summed E-state index contributed by atoms with van der Waals surface area (Å²) in [7, 11) is 4.28. The number of ether oxygens (including phenoxy) is 2. The number of carbonyl (C=O) groups is 5. The highest BCUT2D eigenvalue weighted by Crippen LogP contribution is 2.44. The van der Waals surface area contributed by atoms with Crippen molar-refractivity contribution in [3.8, 4) is 0 Å². The van der Waals surface area contributed by atoms with Crippen molar-refractivity contribution in [1.82, 2.24) is 5.32 Å². The first kappa shape index (κ1) is 43.6. The zero-order valence-electron chi connectivity index (χ0n) is 32.0. The Labute approximate surface area is 305 Å². The normalized spacial score (nSPS) is 19.8. The van der Waals surface area contributed by atoms with Crippen molar-refractivity contribution >= 4 is 29.7 Å². The van der Waals surface area contributed by atoms with Crippen LogP contribution in [0.15, 0.2) is 30.6 Å². The second-order valence-corrected chi connectivity index (χ2v) is 15.4. The summed E-state index contributed by atoms with van der Waals surface area (Å²) in [4.78, 5) is 63.8. The molecule has 0 spiro atoms. The molecule has 51 heavy (non-hydrogen) atoms. The second-order valence-electron chi connectivity index (χ2n) is 15.4. The number of nitrogens with zero attached hydrogens (tertiary/aromatic N) is 2. The van der Waals surface area contributed by atoms with Crippen LogP contribution in [-0.2, 0) is 40.2 Å². The fraction of sp³-hybridized carbons (Fsp3) is 0.744. The molecule has 12 nitrogen and oxygen atoms in total. The van der Waals surface area contributed by atoms with Crippen LogP contribution < -0.4 is 15.6 Å². The lowest BCUT2D eigenvalue weighted by Gasteiger charge is -2.30. The molecule has 1 aromatic rings. The van der Waals surface area contributed by atoms with Gasteiger partial charge in [-0.15, -0.1) is 0 Å². The number of nitrogens with one attached hydrogen (secondary N) is 1. The number of amides is 2. The van der Waals surface area contributed by atoms with Crippen molar-refractivity contribution in [3.05, 3.63) is 30.6 Å². The lowest BCUT2D eigenvalue weighted by atomic mass is 9.74. The number of nitrogens with two attached hydrogens (primary N) is 1. The third-order valence-electron chi connectivity index (χ3n) is 10.6. The van der Waals surface area contributed by atoms with Gasteiger partial charge < -0.3 is 30.1 Å². The molecule has 1 saturated carbocycles. The number of likely N-dealkylation sites (N-methyl/N-ethyl adjacent to an activating group) is 1. The highest BCUT2D eigenvalue weighted by Gasteiger charge is 2.45. The average Bonchev–Trinajstić information content (AvgIpc) is 3.45. The molecule has 7 unspecified atom stereocenters. The van der Waals surface area contributed by atoms with Crippen LogP contribution in [-0.4, -0.2) is 79.1 Å². The third-order valence-corrected chi connectivity index (χ3v) is 10.6. The van der Waals surface area contributed by atoms with Gasteiger partial charge in [0.2, 0.25) is 11.8 Å². The van der Waals surface area contributed by atoms with Gasteiger partial charge in [0, 0.05) is 31.0 Å². The van der Waals surface area contributed by atoms with Crippen LogP contribution in [0.3, 0.4) is 0 Å². The van der Waals surface area contributed by atoms with Crippen LogP contribution in [0.4, 0.5) is 0 Å². The Hall–Kier alpha value is -3.54. The molecular weight excluding hydrogens is 652 g/mol. The van der Waals surface area contributed by atoms with Crippen molar-refractivity contribution in [3.63, 3.8) is 0 Å². The predicted molar refractivity (Wildman–Crippen MR) is 193 cm³/mol. The summed E-state index contributed by atoms with van der Waals surface area (Å²) in [6.45, 7) is 9.12. The zero-order valence-corrected chi connectivity index (χ0v) is 32.0. The minimum atomic E-state index is -1.04. The third kappa shape index (κ3) is 16.1. The maximum Gasteiger partial charge on any atom is 0.313 e. The molecule has 1 fully saturated rings. The number of carboxylic acids is 1. The molecule has 0 saturated heterocycles. The molecule has 1 aliphatic carbocycles. The largest absolute Gasteiger partial charge is 0.481 e. The number of primary amides is 1. The molecule has 2 rings (SSSR count). The number of carbonyl (C=O) groups excluding carboxylic acids is 4. The zero-order chi connectivity index (χ0) is 38.0. The summed E-state index contributed by atoms with van der Waals surface area (Å²) >= 11 is 0. The Morgan fingerprint density at radius 2 is 1.57 bits per heavy atom. The highest BCUT2D eigenvalue weighted by molar-refractivity contribution is 5.78. The van der Waals surface area contributed by atoms with Gasteiger partial charge in [-0.2, -0.15) is 4.57 Å². The van der Waals surface area contributed by atoms with E-state index in [9.17, 15) is 29.1 Å². The monoisotopic (exact) mass is 718 g/mol. The Morgan fingerprint density at radius 3 is 2.18 bits per heavy atom. The number of aliphatic carboxylic acids is 1. The summed E-state index contributed by atoms with van der Waals surface area (Å²) in [5, 5.41) is 13.3. The SMILES string of the molecule is CCCCCCCC[N+](C)(C)CCOC(=O)C(C)CC(CC1CC(NC(C)=O)CC1C(CC(CC)C(N)=O)C(=O)O)C(=O)OC[n+]1ccccc1. The van der Waals surface area contributed by atoms with E-state index in [2.05, 4.69) is 26.3 Å². The second kappa shape index (κ2) is 22.4. The van der Waals surface area contributed by atoms with E-state index in [1.807, 2.05) is 18.2 Å². The van der Waals surface area contributed by atoms with Crippen LogP contribution in [0.5, 0.6) is 0 Å². The molecule has 1 aliphatic rings. The first-order valence-electron chi connectivity index (χ1n) is 19.1. The van der Waals surface area contributed by atoms with Gasteiger partial charge in [-0.3, -0.25) is 24.0 Å². The van der Waals surface area contributed by atoms with E-state index >= 15 is 0 Å². The first-order valence-corrected chi connectivity index (χ1v) is 19.1. The molecule has 12 heteroatoms. The molecule has 0 aliphatic heterocycles. The van der Waals surface area contributed by atoms with Gasteiger partial charge in [-0.1, -0.05) is 52.5 Å². The fourth-order valence-electron chi connectivity index (χ4n) is 7.50. The molecule has 0 radical (unpaired) electrons. The quantitative estimate of drug-likeness (QED) is 0.0570. The summed E-state index contributed by atoms with van der Waals surface area (Å²) in [6.07, 6.45) is 12.7. The molecular formula is C39H66N4O8+2. The lowest BCUT2D eigenvalue weighted by Crippen LogP contribution is -2.43. The van der Waals surface area contributed by atoms with E-state index in [1.54, 1.807) is 30.8 Å². The number of quaternary nitrogens is 1. The number of carboxylic acid groups (broad SMARTS) is 1. The number of aromatic nitrogens is 1. The van der Waals surface area contributed by atoms with Crippen LogP contribution in [0.2, 0.25) is 0 Å². The number of rotatable bonds is 25. The fourth-order valence-corrected chi connectivity index (χ4v) is 7.50. The van der Waals surface area contributed by atoms with E-state index in [0.717, 1.165) is 17.4 Å². The van der Waals surface area contributed by atoms with Crippen molar-refractivity contribution in [2.45, 2.75) is 118 Å². The van der Waals surface area contributed by atoms with Gasteiger partial charge in [-0.05, 0) is 63.2 Å². The van der Waals surface area contributed by atoms with E-state index in [-0.39, 0.29) is 56.4 Å². The van der Waals surface area contributed by atoms with Gasteiger partial charge in [0.1, 0.15) is 13.2 Å². The maximum atomic E-state index is 13.7. The molecule has 0 bridgehead atoms. The number of hydrogen-bond donors (Lipinski definition) is 3. The summed E-state index contributed by atoms with van der Waals surface area (Å²) in [5.74, 6) is -6.26. The van der Waals surface area contributed by atoms with Gasteiger partial charge in [0.25, 0.3) is 6.73 Å². The molecule has 7 atom stereocenters. The number of pyridine rings is 1. The van der Waals surface area contributed by atoms with Crippen LogP contribution >= 0.6 is 0 Å². The molecule has 4 N–H and O–H groups in total. The van der Waals surface area contributed by atoms with Crippen molar-refractivity contribution in [2.24, 2.45) is 41.2 Å². The molecule has 1 heterocycles. The van der Waals surface area contributed by atoms with Gasteiger partial charge >= 0.3 is 17.9 Å². The average molecular weight is 719 g/mol. The van der Waals surface area contributed by atoms with E-state index in [1.165, 1.54) is 39.0 Å². The van der Waals surface area contributed by atoms with Crippen molar-refractivity contribution in [2.75, 3.05) is 33.8 Å².